The Labute approximate surface area is 175 Å². The zero-order chi connectivity index (χ0) is 19.5. The predicted octanol–water partition coefficient (Wildman–Crippen LogP) is 4.77. The molecule has 2 fully saturated rings. The maximum atomic E-state index is 12.9. The van der Waals surface area contributed by atoms with E-state index in [-0.39, 0.29) is 11.9 Å². The summed E-state index contributed by atoms with van der Waals surface area (Å²) in [5.41, 5.74) is 1.97. The summed E-state index contributed by atoms with van der Waals surface area (Å²) in [6, 6.07) is 17.6. The van der Waals surface area contributed by atoms with Crippen LogP contribution in [0.3, 0.4) is 0 Å². The Hall–Kier alpha value is -1.85. The highest BCUT2D eigenvalue weighted by Crippen LogP contribution is 2.35. The molecular formula is C23H27BrN2O2. The molecule has 2 aromatic carbocycles. The highest BCUT2D eigenvalue weighted by molar-refractivity contribution is 9.10. The van der Waals surface area contributed by atoms with Gasteiger partial charge in [0.05, 0.1) is 12.7 Å². The lowest BCUT2D eigenvalue weighted by molar-refractivity contribution is 0.0177. The van der Waals surface area contributed by atoms with Gasteiger partial charge in [0.2, 0.25) is 0 Å². The third kappa shape index (κ3) is 4.26. The molecule has 1 amide bonds. The van der Waals surface area contributed by atoms with E-state index in [0.717, 1.165) is 23.9 Å². The lowest BCUT2D eigenvalue weighted by Crippen LogP contribution is -2.56. The Kier molecular flexibility index (Phi) is 6.02. The number of hydrogen-bond acceptors (Lipinski definition) is 3. The lowest BCUT2D eigenvalue weighted by Gasteiger charge is -2.49. The van der Waals surface area contributed by atoms with Crippen molar-refractivity contribution in [3.05, 3.63) is 64.1 Å². The predicted molar refractivity (Wildman–Crippen MR) is 115 cm³/mol. The SMILES string of the molecule is COc1ccc(Br)cc1C(=O)NC1CC2CCCC(C1)N2Cc1ccccc1. The van der Waals surface area contributed by atoms with E-state index >= 15 is 0 Å². The molecule has 2 aromatic rings. The van der Waals surface area contributed by atoms with Crippen molar-refractivity contribution < 1.29 is 9.53 Å². The molecule has 0 aliphatic carbocycles. The van der Waals surface area contributed by atoms with Crippen LogP contribution in [0.25, 0.3) is 0 Å². The van der Waals surface area contributed by atoms with Gasteiger partial charge < -0.3 is 10.1 Å². The second-order valence-electron chi connectivity index (χ2n) is 7.88. The largest absolute Gasteiger partial charge is 0.496 e. The van der Waals surface area contributed by atoms with E-state index in [0.29, 0.717) is 23.4 Å². The number of nitrogens with zero attached hydrogens (tertiary/aromatic N) is 1. The van der Waals surface area contributed by atoms with Crippen molar-refractivity contribution in [2.75, 3.05) is 7.11 Å². The normalized spacial score (nSPS) is 24.6. The summed E-state index contributed by atoms with van der Waals surface area (Å²) < 4.78 is 6.26. The highest BCUT2D eigenvalue weighted by atomic mass is 79.9. The van der Waals surface area contributed by atoms with Crippen molar-refractivity contribution >= 4 is 21.8 Å². The summed E-state index contributed by atoms with van der Waals surface area (Å²) in [4.78, 5) is 15.6. The van der Waals surface area contributed by atoms with Gasteiger partial charge in [-0.05, 0) is 49.4 Å². The molecule has 2 saturated heterocycles. The first kappa shape index (κ1) is 19.5. The van der Waals surface area contributed by atoms with Crippen molar-refractivity contribution in [3.63, 3.8) is 0 Å². The number of nitrogens with one attached hydrogen (secondary N) is 1. The topological polar surface area (TPSA) is 41.6 Å². The van der Waals surface area contributed by atoms with E-state index in [9.17, 15) is 4.79 Å². The highest BCUT2D eigenvalue weighted by Gasteiger charge is 2.38. The molecule has 0 aromatic heterocycles. The number of ether oxygens (including phenoxy) is 1. The molecule has 5 heteroatoms. The van der Waals surface area contributed by atoms with Gasteiger partial charge in [-0.3, -0.25) is 9.69 Å². The van der Waals surface area contributed by atoms with Crippen molar-refractivity contribution in [3.8, 4) is 5.75 Å². The van der Waals surface area contributed by atoms with E-state index in [1.807, 2.05) is 18.2 Å². The summed E-state index contributed by atoms with van der Waals surface area (Å²) in [5.74, 6) is 0.570. The van der Waals surface area contributed by atoms with E-state index in [1.165, 1.54) is 24.8 Å². The van der Waals surface area contributed by atoms with E-state index in [1.54, 1.807) is 7.11 Å². The molecule has 2 atom stereocenters. The zero-order valence-electron chi connectivity index (χ0n) is 16.2. The number of amides is 1. The summed E-state index contributed by atoms with van der Waals surface area (Å²) in [5, 5.41) is 3.28. The Balaban J connectivity index is 1.44. The fourth-order valence-electron chi connectivity index (χ4n) is 4.77. The molecule has 2 unspecified atom stereocenters. The second kappa shape index (κ2) is 8.66. The van der Waals surface area contributed by atoms with Crippen LogP contribution in [0.1, 0.15) is 48.0 Å². The van der Waals surface area contributed by atoms with Crippen molar-refractivity contribution in [2.45, 2.75) is 56.8 Å². The van der Waals surface area contributed by atoms with Crippen molar-refractivity contribution in [2.24, 2.45) is 0 Å². The molecule has 4 nitrogen and oxygen atoms in total. The summed E-state index contributed by atoms with van der Waals surface area (Å²) in [6.07, 6.45) is 5.77. The molecule has 0 spiro atoms. The van der Waals surface area contributed by atoms with Crippen LogP contribution in [0.2, 0.25) is 0 Å². The van der Waals surface area contributed by atoms with Gasteiger partial charge in [0.15, 0.2) is 0 Å². The quantitative estimate of drug-likeness (QED) is 0.724. The monoisotopic (exact) mass is 442 g/mol. The number of halogens is 1. The number of hydrogen-bond donors (Lipinski definition) is 1. The molecular weight excluding hydrogens is 416 g/mol. The Morgan fingerprint density at radius 2 is 1.86 bits per heavy atom. The van der Waals surface area contributed by atoms with Gasteiger partial charge in [0, 0.05) is 29.1 Å². The van der Waals surface area contributed by atoms with Crippen LogP contribution in [0.4, 0.5) is 0 Å². The van der Waals surface area contributed by atoms with Crippen LogP contribution in [0.15, 0.2) is 53.0 Å². The molecule has 1 N–H and O–H groups in total. The summed E-state index contributed by atoms with van der Waals surface area (Å²) in [7, 11) is 1.60. The maximum Gasteiger partial charge on any atom is 0.255 e. The molecule has 2 bridgehead atoms. The first-order valence-electron chi connectivity index (χ1n) is 10.1. The Morgan fingerprint density at radius 1 is 1.14 bits per heavy atom. The summed E-state index contributed by atoms with van der Waals surface area (Å²) in [6.45, 7) is 1.01. The second-order valence-corrected chi connectivity index (χ2v) is 8.80. The number of fused-ring (bicyclic) bond motifs is 2. The Bertz CT molecular complexity index is 813. The van der Waals surface area contributed by atoms with Crippen molar-refractivity contribution in [1.29, 1.82) is 0 Å². The molecule has 28 heavy (non-hydrogen) atoms. The van der Waals surface area contributed by atoms with Gasteiger partial charge in [-0.15, -0.1) is 0 Å². The first-order chi connectivity index (χ1) is 13.6. The first-order valence-corrected chi connectivity index (χ1v) is 10.9. The lowest BCUT2D eigenvalue weighted by atomic mass is 9.81. The van der Waals surface area contributed by atoms with Crippen molar-refractivity contribution in [1.82, 2.24) is 10.2 Å². The molecule has 148 valence electrons. The average molecular weight is 443 g/mol. The third-order valence-corrected chi connectivity index (χ3v) is 6.57. The minimum Gasteiger partial charge on any atom is -0.496 e. The summed E-state index contributed by atoms with van der Waals surface area (Å²) >= 11 is 3.46. The van der Waals surface area contributed by atoms with Gasteiger partial charge in [0.25, 0.3) is 5.91 Å². The smallest absolute Gasteiger partial charge is 0.255 e. The number of methoxy groups -OCH3 is 1. The minimum atomic E-state index is -0.0438. The van der Waals surface area contributed by atoms with Gasteiger partial charge in [-0.2, -0.15) is 0 Å². The van der Waals surface area contributed by atoms with Gasteiger partial charge >= 0.3 is 0 Å². The molecule has 0 saturated carbocycles. The molecule has 2 heterocycles. The molecule has 2 aliphatic heterocycles. The van der Waals surface area contributed by atoms with Gasteiger partial charge in [0.1, 0.15) is 5.75 Å². The van der Waals surface area contributed by atoms with Crippen LogP contribution in [-0.4, -0.2) is 36.0 Å². The zero-order valence-corrected chi connectivity index (χ0v) is 17.8. The number of rotatable bonds is 5. The fourth-order valence-corrected chi connectivity index (χ4v) is 5.13. The van der Waals surface area contributed by atoms with Gasteiger partial charge in [-0.1, -0.05) is 52.7 Å². The molecule has 2 aliphatic rings. The molecule has 4 rings (SSSR count). The maximum absolute atomic E-state index is 12.9. The van der Waals surface area contributed by atoms with E-state index in [4.69, 9.17) is 4.74 Å². The van der Waals surface area contributed by atoms with E-state index in [2.05, 4.69) is 56.5 Å². The van der Waals surface area contributed by atoms with Crippen LogP contribution < -0.4 is 10.1 Å². The number of carbonyl (C=O) groups is 1. The van der Waals surface area contributed by atoms with Crippen LogP contribution in [0, 0.1) is 0 Å². The standard InChI is InChI=1S/C23H27BrN2O2/c1-28-22-11-10-17(24)12-21(22)23(27)25-18-13-19-8-5-9-20(14-18)26(19)15-16-6-3-2-4-7-16/h2-4,6-7,10-12,18-20H,5,8-9,13-15H2,1H3,(H,25,27). The fraction of sp³-hybridized carbons (Fsp3) is 0.435. The minimum absolute atomic E-state index is 0.0438. The van der Waals surface area contributed by atoms with Crippen LogP contribution in [-0.2, 0) is 6.54 Å². The Morgan fingerprint density at radius 3 is 2.54 bits per heavy atom. The van der Waals surface area contributed by atoms with Gasteiger partial charge in [-0.25, -0.2) is 0 Å². The number of benzene rings is 2. The average Bonchev–Trinajstić information content (AvgIpc) is 2.69. The van der Waals surface area contributed by atoms with Crippen LogP contribution >= 0.6 is 15.9 Å². The number of piperidine rings is 2. The third-order valence-electron chi connectivity index (χ3n) is 6.08. The number of carbonyl (C=O) groups excluding carboxylic acids is 1. The molecule has 0 radical (unpaired) electrons. The van der Waals surface area contributed by atoms with Crippen LogP contribution in [0.5, 0.6) is 5.75 Å². The van der Waals surface area contributed by atoms with E-state index < -0.39 is 0 Å².